The molecule has 1 aromatic rings. The van der Waals surface area contributed by atoms with Gasteiger partial charge in [-0.3, -0.25) is 19.7 Å². The van der Waals surface area contributed by atoms with Crippen LogP contribution in [0.2, 0.25) is 5.02 Å². The van der Waals surface area contributed by atoms with Gasteiger partial charge in [-0.2, -0.15) is 0 Å². The zero-order valence-corrected chi connectivity index (χ0v) is 17.6. The first-order valence-electron chi connectivity index (χ1n) is 10.0. The smallest absolute Gasteiger partial charge is 0.409 e. The second-order valence-corrected chi connectivity index (χ2v) is 8.44. The summed E-state index contributed by atoms with van der Waals surface area (Å²) in [5, 5.41) is 30.0. The number of aliphatic hydroxyl groups excluding tert-OH is 1. The van der Waals surface area contributed by atoms with E-state index < -0.39 is 36.0 Å². The van der Waals surface area contributed by atoms with Gasteiger partial charge in [0.05, 0.1) is 17.3 Å². The third kappa shape index (κ3) is 6.08. The lowest BCUT2D eigenvalue weighted by Crippen LogP contribution is -2.52. The average molecular weight is 453 g/mol. The highest BCUT2D eigenvalue weighted by molar-refractivity contribution is 6.31. The predicted octanol–water partition coefficient (Wildman–Crippen LogP) is 1.08. The van der Waals surface area contributed by atoms with Crippen molar-refractivity contribution >= 4 is 41.1 Å². The van der Waals surface area contributed by atoms with Crippen molar-refractivity contribution < 1.29 is 29.4 Å². The van der Waals surface area contributed by atoms with Crippen molar-refractivity contribution in [2.75, 3.05) is 5.32 Å². The second kappa shape index (κ2) is 9.52. The monoisotopic (exact) mass is 452 g/mol. The summed E-state index contributed by atoms with van der Waals surface area (Å²) in [6, 6.07) is 2.92. The third-order valence-corrected chi connectivity index (χ3v) is 5.53. The first-order chi connectivity index (χ1) is 14.6. The Kier molecular flexibility index (Phi) is 7.01. The third-order valence-electron chi connectivity index (χ3n) is 5.29. The Labute approximate surface area is 183 Å². The van der Waals surface area contributed by atoms with E-state index in [1.165, 1.54) is 18.2 Å². The highest BCUT2D eigenvalue weighted by atomic mass is 35.5. The number of halogens is 1. The lowest BCUT2D eigenvalue weighted by Gasteiger charge is -2.26. The van der Waals surface area contributed by atoms with Gasteiger partial charge in [-0.15, -0.1) is 0 Å². The van der Waals surface area contributed by atoms with Gasteiger partial charge in [0.15, 0.2) is 6.10 Å². The summed E-state index contributed by atoms with van der Waals surface area (Å²) in [6.07, 6.45) is -0.749. The molecule has 168 valence electrons. The summed E-state index contributed by atoms with van der Waals surface area (Å²) < 4.78 is 0. The Morgan fingerprint density at radius 2 is 2.00 bits per heavy atom. The summed E-state index contributed by atoms with van der Waals surface area (Å²) in [4.78, 5) is 48.6. The van der Waals surface area contributed by atoms with Crippen molar-refractivity contribution in [3.63, 3.8) is 0 Å². The van der Waals surface area contributed by atoms with Gasteiger partial charge in [0.25, 0.3) is 11.8 Å². The molecule has 2 unspecified atom stereocenters. The number of hydrogen-bond acceptors (Lipinski definition) is 5. The van der Waals surface area contributed by atoms with E-state index >= 15 is 0 Å². The fraction of sp³-hybridized carbons (Fsp3) is 0.500. The number of amides is 4. The summed E-state index contributed by atoms with van der Waals surface area (Å²) in [6.45, 7) is 1.84. The number of hydrogen-bond donors (Lipinski definition) is 6. The predicted molar refractivity (Wildman–Crippen MR) is 112 cm³/mol. The lowest BCUT2D eigenvalue weighted by atomic mass is 9.93. The molecule has 3 rings (SSSR count). The fourth-order valence-corrected chi connectivity index (χ4v) is 3.77. The van der Waals surface area contributed by atoms with Gasteiger partial charge in [-0.05, 0) is 50.8 Å². The van der Waals surface area contributed by atoms with Crippen LogP contribution < -0.4 is 21.3 Å². The summed E-state index contributed by atoms with van der Waals surface area (Å²) in [7, 11) is 0. The molecule has 2 aliphatic rings. The normalized spacial score (nSPS) is 22.2. The van der Waals surface area contributed by atoms with Gasteiger partial charge < -0.3 is 26.2 Å². The van der Waals surface area contributed by atoms with Crippen molar-refractivity contribution in [1.29, 1.82) is 0 Å². The largest absolute Gasteiger partial charge is 0.465 e. The maximum Gasteiger partial charge on any atom is 0.409 e. The van der Waals surface area contributed by atoms with E-state index in [1.54, 1.807) is 0 Å². The minimum atomic E-state index is -1.58. The molecule has 2 fully saturated rings. The van der Waals surface area contributed by atoms with E-state index in [0.717, 1.165) is 12.8 Å². The molecule has 1 saturated carbocycles. The molecule has 10 nitrogen and oxygen atoms in total. The molecule has 1 heterocycles. The molecule has 0 radical (unpaired) electrons. The van der Waals surface area contributed by atoms with Gasteiger partial charge in [-0.1, -0.05) is 11.6 Å². The number of nitrogens with one attached hydrogen (secondary N) is 4. The van der Waals surface area contributed by atoms with Crippen LogP contribution in [-0.2, 0) is 9.59 Å². The Bertz CT molecular complexity index is 890. The standard InChI is InChI=1S/C20H25ClN4O6/c1-9-6-10(17(27)22-9)7-15(16(26)19(29)23-12-3-4-12)24-18(28)13-8-11(21)2-5-14(13)25-20(30)31/h2,5,8-10,12,15-16,25-26H,3-4,6-7H2,1H3,(H,22,27)(H,23,29)(H,24,28)(H,30,31)/t9-,10+,15?,16?/m1/s1. The number of benzene rings is 1. The van der Waals surface area contributed by atoms with Crippen LogP contribution in [0.5, 0.6) is 0 Å². The van der Waals surface area contributed by atoms with Crippen LogP contribution in [0, 0.1) is 5.92 Å². The van der Waals surface area contributed by atoms with Gasteiger partial charge in [0.2, 0.25) is 5.91 Å². The van der Waals surface area contributed by atoms with Crippen LogP contribution in [0.4, 0.5) is 10.5 Å². The summed E-state index contributed by atoms with van der Waals surface area (Å²) in [5.41, 5.74) is -0.0729. The van der Waals surface area contributed by atoms with E-state index in [2.05, 4.69) is 21.3 Å². The SMILES string of the molecule is C[C@@H]1C[C@@H](CC(NC(=O)c2cc(Cl)ccc2NC(=O)O)C(O)C(=O)NC2CC2)C(=O)N1. The molecule has 31 heavy (non-hydrogen) atoms. The summed E-state index contributed by atoms with van der Waals surface area (Å²) >= 11 is 5.96. The van der Waals surface area contributed by atoms with Gasteiger partial charge in [-0.25, -0.2) is 4.79 Å². The fourth-order valence-electron chi connectivity index (χ4n) is 3.60. The molecule has 11 heteroatoms. The van der Waals surface area contributed by atoms with Gasteiger partial charge in [0.1, 0.15) is 0 Å². The minimum absolute atomic E-state index is 0.00250. The number of carbonyl (C=O) groups excluding carboxylic acids is 3. The highest BCUT2D eigenvalue weighted by Crippen LogP contribution is 2.25. The van der Waals surface area contributed by atoms with Crippen LogP contribution in [0.1, 0.15) is 43.0 Å². The second-order valence-electron chi connectivity index (χ2n) is 8.01. The molecule has 1 aliphatic heterocycles. The van der Waals surface area contributed by atoms with Crippen molar-refractivity contribution in [2.45, 2.75) is 56.8 Å². The lowest BCUT2D eigenvalue weighted by molar-refractivity contribution is -0.132. The number of anilines is 1. The Morgan fingerprint density at radius 3 is 2.58 bits per heavy atom. The van der Waals surface area contributed by atoms with Crippen LogP contribution in [0.25, 0.3) is 0 Å². The van der Waals surface area contributed by atoms with Crippen LogP contribution >= 0.6 is 11.6 Å². The van der Waals surface area contributed by atoms with Crippen LogP contribution in [-0.4, -0.2) is 58.3 Å². The maximum atomic E-state index is 12.9. The maximum absolute atomic E-state index is 12.9. The van der Waals surface area contributed by atoms with Gasteiger partial charge >= 0.3 is 6.09 Å². The van der Waals surface area contributed by atoms with Crippen molar-refractivity contribution in [3.8, 4) is 0 Å². The molecule has 6 N–H and O–H groups in total. The summed E-state index contributed by atoms with van der Waals surface area (Å²) in [5.74, 6) is -2.06. The molecule has 1 aliphatic carbocycles. The number of carboxylic acid groups (broad SMARTS) is 1. The minimum Gasteiger partial charge on any atom is -0.465 e. The first kappa shape index (κ1) is 22.8. The van der Waals surface area contributed by atoms with E-state index in [-0.39, 0.29) is 40.7 Å². The first-order valence-corrected chi connectivity index (χ1v) is 10.4. The number of aliphatic hydroxyl groups is 1. The zero-order valence-electron chi connectivity index (χ0n) is 16.9. The van der Waals surface area contributed by atoms with E-state index in [0.29, 0.717) is 6.42 Å². The van der Waals surface area contributed by atoms with E-state index in [1.807, 2.05) is 6.92 Å². The Balaban J connectivity index is 1.80. The number of rotatable bonds is 8. The highest BCUT2D eigenvalue weighted by Gasteiger charge is 2.38. The average Bonchev–Trinajstić information content (AvgIpc) is 3.44. The Morgan fingerprint density at radius 1 is 1.29 bits per heavy atom. The van der Waals surface area contributed by atoms with E-state index in [4.69, 9.17) is 16.7 Å². The molecule has 4 amide bonds. The molecule has 4 atom stereocenters. The van der Waals surface area contributed by atoms with Crippen molar-refractivity contribution in [3.05, 3.63) is 28.8 Å². The topological polar surface area (TPSA) is 157 Å². The van der Waals surface area contributed by atoms with Crippen LogP contribution in [0.15, 0.2) is 18.2 Å². The molecule has 1 saturated heterocycles. The van der Waals surface area contributed by atoms with E-state index in [9.17, 15) is 24.3 Å². The quantitative estimate of drug-likeness (QED) is 0.346. The van der Waals surface area contributed by atoms with Crippen LogP contribution in [0.3, 0.4) is 0 Å². The molecule has 0 bridgehead atoms. The van der Waals surface area contributed by atoms with Crippen molar-refractivity contribution in [1.82, 2.24) is 16.0 Å². The van der Waals surface area contributed by atoms with Crippen molar-refractivity contribution in [2.24, 2.45) is 5.92 Å². The molecule has 0 spiro atoms. The number of carbonyl (C=O) groups is 4. The Hall–Kier alpha value is -2.85. The van der Waals surface area contributed by atoms with Gasteiger partial charge in [0, 0.05) is 23.0 Å². The molecular weight excluding hydrogens is 428 g/mol. The molecular formula is C20H25ClN4O6. The molecule has 1 aromatic carbocycles. The zero-order chi connectivity index (χ0) is 22.7. The molecule has 0 aromatic heterocycles.